The fraction of sp³-hybridized carbons (Fsp3) is 0.211. The Kier molecular flexibility index (Phi) is 5.44. The van der Waals surface area contributed by atoms with E-state index >= 15 is 0 Å². The van der Waals surface area contributed by atoms with Gasteiger partial charge in [-0.3, -0.25) is 25.0 Å². The average molecular weight is 399 g/mol. The first-order valence-electron chi connectivity index (χ1n) is 8.70. The summed E-state index contributed by atoms with van der Waals surface area (Å²) in [6.45, 7) is 3.98. The number of nitro groups is 2. The van der Waals surface area contributed by atoms with Gasteiger partial charge in [0.05, 0.1) is 34.1 Å². The first-order chi connectivity index (χ1) is 13.8. The summed E-state index contributed by atoms with van der Waals surface area (Å²) in [5.74, 6) is 0.319. The lowest BCUT2D eigenvalue weighted by Gasteiger charge is -2.11. The highest BCUT2D eigenvalue weighted by Gasteiger charge is 2.22. The molecule has 10 heteroatoms. The molecule has 1 N–H and O–H groups in total. The molecule has 150 valence electrons. The highest BCUT2D eigenvalue weighted by Crippen LogP contribution is 2.31. The molecule has 0 aliphatic rings. The van der Waals surface area contributed by atoms with Crippen LogP contribution in [-0.2, 0) is 0 Å². The molecule has 3 aromatic rings. The lowest BCUT2D eigenvalue weighted by molar-refractivity contribution is -0.394. The van der Waals surface area contributed by atoms with Crippen molar-refractivity contribution in [2.24, 2.45) is 0 Å². The maximum atomic E-state index is 12.5. The van der Waals surface area contributed by atoms with Crippen LogP contribution in [0.2, 0.25) is 0 Å². The Morgan fingerprint density at radius 2 is 1.79 bits per heavy atom. The molecule has 1 heterocycles. The summed E-state index contributed by atoms with van der Waals surface area (Å²) in [6.07, 6.45) is 0. The molecule has 2 aromatic carbocycles. The van der Waals surface area contributed by atoms with Gasteiger partial charge in [-0.15, -0.1) is 0 Å². The molecule has 10 nitrogen and oxygen atoms in total. The third kappa shape index (κ3) is 4.15. The molecule has 0 aliphatic heterocycles. The van der Waals surface area contributed by atoms with Crippen molar-refractivity contribution in [3.05, 3.63) is 74.0 Å². The predicted molar refractivity (Wildman–Crippen MR) is 103 cm³/mol. The number of fused-ring (bicyclic) bond motifs is 1. The average Bonchev–Trinajstić information content (AvgIpc) is 3.13. The Balaban J connectivity index is 1.87. The third-order valence-electron chi connectivity index (χ3n) is 4.19. The van der Waals surface area contributed by atoms with E-state index in [-0.39, 0.29) is 5.56 Å². The number of nitrogens with one attached hydrogen (secondary N) is 1. The van der Waals surface area contributed by atoms with Gasteiger partial charge in [0.2, 0.25) is 0 Å². The van der Waals surface area contributed by atoms with Crippen LogP contribution in [0.3, 0.4) is 0 Å². The molecule has 0 saturated heterocycles. The minimum absolute atomic E-state index is 0.191. The molecule has 3 rings (SSSR count). The number of nitrogens with zero attached hydrogens (tertiary/aromatic N) is 2. The SMILES string of the molecule is CCOc1cccc2cc(C(C)NC(=O)c3cc([N+](=O)[O-])cc([N+](=O)[O-])c3)oc12. The van der Waals surface area contributed by atoms with E-state index < -0.39 is 33.2 Å². The third-order valence-corrected chi connectivity index (χ3v) is 4.19. The first-order valence-corrected chi connectivity index (χ1v) is 8.70. The standard InChI is InChI=1S/C19H17N3O7/c1-3-28-16-6-4-5-12-9-17(29-18(12)16)11(2)20-19(23)13-7-14(21(24)25)10-15(8-13)22(26)27/h4-11H,3H2,1-2H3,(H,20,23). The van der Waals surface area contributed by atoms with Crippen molar-refractivity contribution in [1.29, 1.82) is 0 Å². The Labute approximate surface area is 164 Å². The molecule has 0 spiro atoms. The topological polar surface area (TPSA) is 138 Å². The maximum absolute atomic E-state index is 12.5. The maximum Gasteiger partial charge on any atom is 0.277 e. The van der Waals surface area contributed by atoms with E-state index in [1.807, 2.05) is 19.1 Å². The summed E-state index contributed by atoms with van der Waals surface area (Å²) in [5, 5.41) is 25.4. The summed E-state index contributed by atoms with van der Waals surface area (Å²) in [6, 6.07) is 9.35. The van der Waals surface area contributed by atoms with E-state index in [0.29, 0.717) is 23.7 Å². The highest BCUT2D eigenvalue weighted by atomic mass is 16.6. The molecule has 0 bridgehead atoms. The number of furan rings is 1. The van der Waals surface area contributed by atoms with Gasteiger partial charge in [0, 0.05) is 17.5 Å². The van der Waals surface area contributed by atoms with Crippen LogP contribution in [0.1, 0.15) is 36.0 Å². The van der Waals surface area contributed by atoms with E-state index in [1.165, 1.54) is 0 Å². The number of benzene rings is 2. The van der Waals surface area contributed by atoms with Gasteiger partial charge in [-0.25, -0.2) is 0 Å². The second-order valence-corrected chi connectivity index (χ2v) is 6.20. The number of ether oxygens (including phenoxy) is 1. The van der Waals surface area contributed by atoms with Gasteiger partial charge in [-0.1, -0.05) is 12.1 Å². The quantitative estimate of drug-likeness (QED) is 0.465. The lowest BCUT2D eigenvalue weighted by atomic mass is 10.1. The Hall–Kier alpha value is -3.95. The lowest BCUT2D eigenvalue weighted by Crippen LogP contribution is -2.26. The van der Waals surface area contributed by atoms with Crippen molar-refractivity contribution in [3.63, 3.8) is 0 Å². The van der Waals surface area contributed by atoms with E-state index in [4.69, 9.17) is 9.15 Å². The zero-order chi connectivity index (χ0) is 21.1. The molecule has 0 radical (unpaired) electrons. The molecule has 0 fully saturated rings. The number of carbonyl (C=O) groups excluding carboxylic acids is 1. The van der Waals surface area contributed by atoms with Crippen LogP contribution in [0.25, 0.3) is 11.0 Å². The predicted octanol–water partition coefficient (Wildman–Crippen LogP) is 4.14. The minimum Gasteiger partial charge on any atom is -0.490 e. The van der Waals surface area contributed by atoms with Gasteiger partial charge >= 0.3 is 0 Å². The van der Waals surface area contributed by atoms with Crippen molar-refractivity contribution < 1.29 is 23.8 Å². The minimum atomic E-state index is -0.790. The van der Waals surface area contributed by atoms with Gasteiger partial charge in [0.1, 0.15) is 5.76 Å². The second kappa shape index (κ2) is 7.97. The van der Waals surface area contributed by atoms with E-state index in [2.05, 4.69) is 5.32 Å². The van der Waals surface area contributed by atoms with Crippen LogP contribution in [0.5, 0.6) is 5.75 Å². The normalized spacial score (nSPS) is 11.8. The molecule has 1 unspecified atom stereocenters. The summed E-state index contributed by atoms with van der Waals surface area (Å²) in [4.78, 5) is 33.0. The number of carbonyl (C=O) groups is 1. The first kappa shape index (κ1) is 19.8. The summed E-state index contributed by atoms with van der Waals surface area (Å²) in [7, 11) is 0. The summed E-state index contributed by atoms with van der Waals surface area (Å²) < 4.78 is 11.3. The molecule has 1 atom stereocenters. The fourth-order valence-electron chi connectivity index (χ4n) is 2.83. The van der Waals surface area contributed by atoms with Gasteiger partial charge in [-0.2, -0.15) is 0 Å². The van der Waals surface area contributed by atoms with Crippen LogP contribution in [0.15, 0.2) is 46.9 Å². The van der Waals surface area contributed by atoms with Gasteiger partial charge in [0.15, 0.2) is 11.3 Å². The Morgan fingerprint density at radius 3 is 2.38 bits per heavy atom. The Bertz CT molecular complexity index is 1070. The van der Waals surface area contributed by atoms with Crippen molar-refractivity contribution in [1.82, 2.24) is 5.32 Å². The Morgan fingerprint density at radius 1 is 1.14 bits per heavy atom. The van der Waals surface area contributed by atoms with Crippen LogP contribution >= 0.6 is 0 Å². The monoisotopic (exact) mass is 399 g/mol. The number of nitro benzene ring substituents is 2. The van der Waals surface area contributed by atoms with Crippen molar-refractivity contribution >= 4 is 28.3 Å². The number of hydrogen-bond donors (Lipinski definition) is 1. The molecule has 0 aliphatic carbocycles. The number of para-hydroxylation sites is 1. The largest absolute Gasteiger partial charge is 0.490 e. The van der Waals surface area contributed by atoms with Gasteiger partial charge < -0.3 is 14.5 Å². The van der Waals surface area contributed by atoms with E-state index in [1.54, 1.807) is 19.1 Å². The van der Waals surface area contributed by atoms with Gasteiger partial charge in [0.25, 0.3) is 17.3 Å². The van der Waals surface area contributed by atoms with Crippen molar-refractivity contribution in [3.8, 4) is 5.75 Å². The molecular weight excluding hydrogens is 382 g/mol. The van der Waals surface area contributed by atoms with Crippen LogP contribution in [-0.4, -0.2) is 22.4 Å². The van der Waals surface area contributed by atoms with E-state index in [0.717, 1.165) is 23.6 Å². The van der Waals surface area contributed by atoms with Crippen LogP contribution in [0.4, 0.5) is 11.4 Å². The van der Waals surface area contributed by atoms with E-state index in [9.17, 15) is 25.0 Å². The fourth-order valence-corrected chi connectivity index (χ4v) is 2.83. The molecule has 29 heavy (non-hydrogen) atoms. The molecule has 0 saturated carbocycles. The molecular formula is C19H17N3O7. The second-order valence-electron chi connectivity index (χ2n) is 6.20. The van der Waals surface area contributed by atoms with Crippen molar-refractivity contribution in [2.45, 2.75) is 19.9 Å². The smallest absolute Gasteiger partial charge is 0.277 e. The van der Waals surface area contributed by atoms with Crippen LogP contribution < -0.4 is 10.1 Å². The van der Waals surface area contributed by atoms with Crippen molar-refractivity contribution in [2.75, 3.05) is 6.61 Å². The molecule has 1 aromatic heterocycles. The zero-order valence-electron chi connectivity index (χ0n) is 15.6. The molecule has 1 amide bonds. The number of non-ortho nitro benzene ring substituents is 2. The zero-order valence-corrected chi connectivity index (χ0v) is 15.6. The highest BCUT2D eigenvalue weighted by molar-refractivity contribution is 5.96. The number of hydrogen-bond acceptors (Lipinski definition) is 7. The van der Waals surface area contributed by atoms with Gasteiger partial charge in [-0.05, 0) is 26.0 Å². The summed E-state index contributed by atoms with van der Waals surface area (Å²) in [5.41, 5.74) is -0.732. The number of rotatable bonds is 7. The summed E-state index contributed by atoms with van der Waals surface area (Å²) >= 11 is 0. The van der Waals surface area contributed by atoms with Crippen LogP contribution in [0, 0.1) is 20.2 Å². The number of amides is 1.